The fourth-order valence-electron chi connectivity index (χ4n) is 6.20. The maximum absolute atomic E-state index is 13.2. The summed E-state index contributed by atoms with van der Waals surface area (Å²) in [4.78, 5) is 47.2. The summed E-state index contributed by atoms with van der Waals surface area (Å²) in [5.41, 5.74) is 10.8. The van der Waals surface area contributed by atoms with Gasteiger partial charge in [0.05, 0.1) is 41.5 Å². The van der Waals surface area contributed by atoms with Gasteiger partial charge in [0.2, 0.25) is 17.7 Å². The molecule has 0 spiro atoms. The van der Waals surface area contributed by atoms with Crippen LogP contribution in [-0.4, -0.2) is 69.2 Å². The highest BCUT2D eigenvalue weighted by atomic mass is 35.5. The summed E-state index contributed by atoms with van der Waals surface area (Å²) in [6.45, 7) is 0.800. The monoisotopic (exact) mass is 729 g/mol. The second kappa shape index (κ2) is 15.6. The average Bonchev–Trinajstić information content (AvgIpc) is 3.56. The molecular formula is C37H37Cl2N7O5. The van der Waals surface area contributed by atoms with Gasteiger partial charge in [-0.1, -0.05) is 65.7 Å². The number of nitrogens with one attached hydrogen (secondary N) is 2. The number of nitrogens with zero attached hydrogens (tertiary/aromatic N) is 4. The molecule has 5 aromatic rings. The fraction of sp³-hybridized carbons (Fsp3) is 0.270. The Labute approximate surface area is 304 Å². The van der Waals surface area contributed by atoms with E-state index in [0.717, 1.165) is 34.2 Å². The Morgan fingerprint density at radius 1 is 1.08 bits per heavy atom. The SMILES string of the molecule is COc1nc(-c2cccc(-c3cccc(-c4ccn5c(=O)c(CNC[C@@H](O)CC(N)=O)cnc5c4)c3Cl)c2Cl)ccc1CN(C)[C@H]1CCC(=O)N1. The molecule has 0 bridgehead atoms. The van der Waals surface area contributed by atoms with Crippen LogP contribution in [0, 0.1) is 0 Å². The maximum Gasteiger partial charge on any atom is 0.262 e. The molecule has 0 unspecified atom stereocenters. The number of primary amides is 1. The summed E-state index contributed by atoms with van der Waals surface area (Å²) < 4.78 is 7.11. The van der Waals surface area contributed by atoms with Crippen molar-refractivity contribution >= 4 is 40.7 Å². The van der Waals surface area contributed by atoms with E-state index in [1.807, 2.05) is 55.6 Å². The second-order valence-corrected chi connectivity index (χ2v) is 13.2. The molecule has 51 heavy (non-hydrogen) atoms. The third-order valence-corrected chi connectivity index (χ3v) is 9.66. The van der Waals surface area contributed by atoms with Gasteiger partial charge in [-0.3, -0.25) is 23.7 Å². The van der Waals surface area contributed by atoms with Gasteiger partial charge in [0.25, 0.3) is 5.56 Å². The molecule has 3 aromatic heterocycles. The van der Waals surface area contributed by atoms with Crippen LogP contribution in [0.2, 0.25) is 10.0 Å². The number of ether oxygens (including phenoxy) is 1. The van der Waals surface area contributed by atoms with Crippen LogP contribution in [0.5, 0.6) is 5.88 Å². The molecule has 0 radical (unpaired) electrons. The quantitative estimate of drug-likeness (QED) is 0.138. The number of fused-ring (bicyclic) bond motifs is 1. The maximum atomic E-state index is 13.2. The zero-order chi connectivity index (χ0) is 36.2. The van der Waals surface area contributed by atoms with Crippen LogP contribution < -0.4 is 26.7 Å². The number of amides is 2. The Balaban J connectivity index is 1.25. The van der Waals surface area contributed by atoms with Crippen molar-refractivity contribution in [3.63, 3.8) is 0 Å². The number of aliphatic hydroxyl groups is 1. The lowest BCUT2D eigenvalue weighted by Gasteiger charge is -2.24. The summed E-state index contributed by atoms with van der Waals surface area (Å²) >= 11 is 14.2. The van der Waals surface area contributed by atoms with Crippen molar-refractivity contribution in [3.8, 4) is 39.4 Å². The van der Waals surface area contributed by atoms with Crippen molar-refractivity contribution in [2.75, 3.05) is 20.7 Å². The van der Waals surface area contributed by atoms with E-state index in [1.54, 1.807) is 25.4 Å². The molecule has 1 aliphatic heterocycles. The summed E-state index contributed by atoms with van der Waals surface area (Å²) in [6, 6.07) is 18.8. The van der Waals surface area contributed by atoms with Gasteiger partial charge in [-0.15, -0.1) is 0 Å². The summed E-state index contributed by atoms with van der Waals surface area (Å²) in [5, 5.41) is 16.8. The molecule has 2 amide bonds. The Kier molecular flexibility index (Phi) is 11.0. The lowest BCUT2D eigenvalue weighted by molar-refractivity contribution is -0.120. The van der Waals surface area contributed by atoms with E-state index in [4.69, 9.17) is 38.7 Å². The molecule has 0 saturated carbocycles. The van der Waals surface area contributed by atoms with Crippen molar-refractivity contribution in [2.24, 2.45) is 5.73 Å². The van der Waals surface area contributed by atoms with Gasteiger partial charge >= 0.3 is 0 Å². The van der Waals surface area contributed by atoms with E-state index in [9.17, 15) is 19.5 Å². The Hall–Kier alpha value is -4.85. The first-order valence-electron chi connectivity index (χ1n) is 16.3. The second-order valence-electron chi connectivity index (χ2n) is 12.4. The van der Waals surface area contributed by atoms with E-state index in [2.05, 4.69) is 20.5 Å². The van der Waals surface area contributed by atoms with Crippen LogP contribution in [-0.2, 0) is 22.7 Å². The Morgan fingerprint density at radius 2 is 1.78 bits per heavy atom. The predicted octanol–water partition coefficient (Wildman–Crippen LogP) is 4.40. The number of methoxy groups -OCH3 is 1. The summed E-state index contributed by atoms with van der Waals surface area (Å²) in [5.74, 6) is -0.0825. The number of halogens is 2. The number of aliphatic hydroxyl groups excluding tert-OH is 1. The number of pyridine rings is 2. The number of aromatic nitrogens is 3. The first kappa shape index (κ1) is 36.0. The lowest BCUT2D eigenvalue weighted by Crippen LogP contribution is -2.40. The molecule has 0 aliphatic carbocycles. The van der Waals surface area contributed by atoms with Crippen LogP contribution in [0.3, 0.4) is 0 Å². The van der Waals surface area contributed by atoms with E-state index in [-0.39, 0.29) is 37.1 Å². The van der Waals surface area contributed by atoms with Gasteiger partial charge in [-0.25, -0.2) is 9.97 Å². The van der Waals surface area contributed by atoms with E-state index in [1.165, 1.54) is 10.6 Å². The topological polar surface area (TPSA) is 164 Å². The highest BCUT2D eigenvalue weighted by Crippen LogP contribution is 2.42. The Bertz CT molecular complexity index is 2180. The van der Waals surface area contributed by atoms with Crippen LogP contribution in [0.1, 0.15) is 30.4 Å². The zero-order valence-electron chi connectivity index (χ0n) is 28.0. The van der Waals surface area contributed by atoms with Crippen molar-refractivity contribution in [2.45, 2.75) is 44.6 Å². The van der Waals surface area contributed by atoms with Crippen LogP contribution >= 0.6 is 23.2 Å². The number of carbonyl (C=O) groups excluding carboxylic acids is 2. The number of nitrogens with two attached hydrogens (primary N) is 1. The van der Waals surface area contributed by atoms with Gasteiger partial charge in [-0.05, 0) is 37.2 Å². The minimum atomic E-state index is -0.946. The first-order valence-corrected chi connectivity index (χ1v) is 17.1. The van der Waals surface area contributed by atoms with Crippen molar-refractivity contribution < 1.29 is 19.4 Å². The normalized spacial score (nSPS) is 14.9. The smallest absolute Gasteiger partial charge is 0.262 e. The third-order valence-electron chi connectivity index (χ3n) is 8.84. The molecule has 4 heterocycles. The molecule has 12 nitrogen and oxygen atoms in total. The summed E-state index contributed by atoms with van der Waals surface area (Å²) in [7, 11) is 3.53. The number of carbonyl (C=O) groups is 2. The molecule has 6 rings (SSSR count). The molecule has 2 aromatic carbocycles. The lowest BCUT2D eigenvalue weighted by atomic mass is 9.97. The Morgan fingerprint density at radius 3 is 2.47 bits per heavy atom. The van der Waals surface area contributed by atoms with Gasteiger partial charge in [0.1, 0.15) is 5.65 Å². The molecule has 1 fully saturated rings. The molecular weight excluding hydrogens is 693 g/mol. The number of benzene rings is 2. The average molecular weight is 731 g/mol. The summed E-state index contributed by atoms with van der Waals surface area (Å²) in [6.07, 6.45) is 3.25. The van der Waals surface area contributed by atoms with Gasteiger partial charge < -0.3 is 26.2 Å². The van der Waals surface area contributed by atoms with Gasteiger partial charge in [-0.2, -0.15) is 0 Å². The standard InChI is InChI=1S/C37H37Cl2N7O5/c1-45(31-11-12-33(49)44-31)20-22-9-10-29(43-36(22)51-2)28-8-4-7-27(35(28)39)26-6-3-5-25(34(26)38)21-13-14-46-32(15-21)42-18-23(37(46)50)17-41-19-24(47)16-30(40)48/h3-10,13-15,18,24,31,41,47H,11-12,16-17,19-20H2,1-2H3,(H2,40,48)(H,44,49)/t24-,31-/m0/s1. The van der Waals surface area contributed by atoms with Gasteiger partial charge in [0.15, 0.2) is 0 Å². The number of hydrogen-bond acceptors (Lipinski definition) is 9. The van der Waals surface area contributed by atoms with Crippen LogP contribution in [0.15, 0.2) is 77.9 Å². The number of rotatable bonds is 13. The predicted molar refractivity (Wildman–Crippen MR) is 196 cm³/mol. The van der Waals surface area contributed by atoms with Crippen molar-refractivity contribution in [1.29, 1.82) is 0 Å². The van der Waals surface area contributed by atoms with Crippen molar-refractivity contribution in [1.82, 2.24) is 29.9 Å². The highest BCUT2D eigenvalue weighted by molar-refractivity contribution is 6.39. The van der Waals surface area contributed by atoms with Crippen molar-refractivity contribution in [3.05, 3.63) is 105 Å². The fourth-order valence-corrected chi connectivity index (χ4v) is 6.87. The highest BCUT2D eigenvalue weighted by Gasteiger charge is 2.25. The zero-order valence-corrected chi connectivity index (χ0v) is 29.5. The third kappa shape index (κ3) is 7.90. The van der Waals surface area contributed by atoms with E-state index < -0.39 is 12.0 Å². The molecule has 5 N–H and O–H groups in total. The largest absolute Gasteiger partial charge is 0.481 e. The van der Waals surface area contributed by atoms with E-state index >= 15 is 0 Å². The van der Waals surface area contributed by atoms with Gasteiger partial charge in [0, 0.05) is 71.8 Å². The minimum absolute atomic E-state index is 0.0355. The molecule has 2 atom stereocenters. The first-order chi connectivity index (χ1) is 24.5. The molecule has 14 heteroatoms. The molecule has 1 aliphatic rings. The number of hydrogen-bond donors (Lipinski definition) is 4. The molecule has 264 valence electrons. The minimum Gasteiger partial charge on any atom is -0.481 e. The van der Waals surface area contributed by atoms with Crippen LogP contribution in [0.25, 0.3) is 39.2 Å². The van der Waals surface area contributed by atoms with E-state index in [0.29, 0.717) is 51.4 Å². The van der Waals surface area contributed by atoms with Crippen LogP contribution in [0.4, 0.5) is 0 Å². The molecule has 1 saturated heterocycles.